The molecule has 0 amide bonds. The number of rotatable bonds is 6. The van der Waals surface area contributed by atoms with Crippen LogP contribution in [-0.2, 0) is 6.54 Å². The van der Waals surface area contributed by atoms with Crippen LogP contribution in [0, 0.1) is 0 Å². The zero-order valence-corrected chi connectivity index (χ0v) is 11.5. The summed E-state index contributed by atoms with van der Waals surface area (Å²) in [7, 11) is 1.64. The molecular formula is C13H20N2OS. The minimum Gasteiger partial charge on any atom is -0.496 e. The van der Waals surface area contributed by atoms with Crippen LogP contribution in [0.25, 0.3) is 0 Å². The molecule has 0 unspecified atom stereocenters. The van der Waals surface area contributed by atoms with Crippen LogP contribution in [0.1, 0.15) is 25.0 Å². The van der Waals surface area contributed by atoms with E-state index in [1.54, 1.807) is 7.11 Å². The van der Waals surface area contributed by atoms with Crippen LogP contribution in [0.2, 0.25) is 0 Å². The van der Waals surface area contributed by atoms with Crippen molar-refractivity contribution in [3.8, 4) is 5.75 Å². The molecule has 0 aliphatic carbocycles. The molecule has 4 heteroatoms. The zero-order chi connectivity index (χ0) is 12.8. The van der Waals surface area contributed by atoms with Crippen LogP contribution in [0.5, 0.6) is 5.75 Å². The quantitative estimate of drug-likeness (QED) is 0.788. The lowest BCUT2D eigenvalue weighted by Crippen LogP contribution is -2.22. The first-order valence-electron chi connectivity index (χ1n) is 5.81. The van der Waals surface area contributed by atoms with Crippen molar-refractivity contribution in [1.29, 1.82) is 0 Å². The lowest BCUT2D eigenvalue weighted by molar-refractivity contribution is 0.295. The zero-order valence-electron chi connectivity index (χ0n) is 10.7. The lowest BCUT2D eigenvalue weighted by atomic mass is 10.1. The summed E-state index contributed by atoms with van der Waals surface area (Å²) in [6.45, 7) is 7.31. The molecule has 1 aromatic carbocycles. The molecule has 0 radical (unpaired) electrons. The Kier molecular flexibility index (Phi) is 5.38. The number of hydrogen-bond acceptors (Lipinski definition) is 3. The molecule has 0 atom stereocenters. The monoisotopic (exact) mass is 252 g/mol. The average Bonchev–Trinajstić information content (AvgIpc) is 2.35. The Morgan fingerprint density at radius 1 is 1.35 bits per heavy atom. The van der Waals surface area contributed by atoms with E-state index in [1.807, 2.05) is 12.1 Å². The van der Waals surface area contributed by atoms with Crippen molar-refractivity contribution in [1.82, 2.24) is 4.90 Å². The standard InChI is InChI=1S/C13H20N2OS/c1-4-15(5-2)9-10-6-7-11(13(14)17)12(8-10)16-3/h6-8H,4-5,9H2,1-3H3,(H2,14,17). The predicted molar refractivity (Wildman–Crippen MR) is 75.5 cm³/mol. The van der Waals surface area contributed by atoms with Gasteiger partial charge < -0.3 is 10.5 Å². The molecule has 0 heterocycles. The van der Waals surface area contributed by atoms with E-state index in [0.29, 0.717) is 4.99 Å². The molecular weight excluding hydrogens is 232 g/mol. The van der Waals surface area contributed by atoms with Gasteiger partial charge in [0, 0.05) is 6.54 Å². The van der Waals surface area contributed by atoms with E-state index in [1.165, 1.54) is 5.56 Å². The lowest BCUT2D eigenvalue weighted by Gasteiger charge is -2.19. The first-order chi connectivity index (χ1) is 8.12. The van der Waals surface area contributed by atoms with Crippen molar-refractivity contribution < 1.29 is 4.74 Å². The van der Waals surface area contributed by atoms with Gasteiger partial charge in [-0.3, -0.25) is 4.90 Å². The van der Waals surface area contributed by atoms with Gasteiger partial charge in [-0.2, -0.15) is 0 Å². The number of benzene rings is 1. The first kappa shape index (κ1) is 13.9. The van der Waals surface area contributed by atoms with Gasteiger partial charge in [-0.15, -0.1) is 0 Å². The van der Waals surface area contributed by atoms with Gasteiger partial charge in [0.1, 0.15) is 10.7 Å². The third kappa shape index (κ3) is 3.68. The van der Waals surface area contributed by atoms with Crippen molar-refractivity contribution in [2.45, 2.75) is 20.4 Å². The van der Waals surface area contributed by atoms with E-state index in [2.05, 4.69) is 24.8 Å². The fourth-order valence-corrected chi connectivity index (χ4v) is 1.91. The Balaban J connectivity index is 2.93. The van der Waals surface area contributed by atoms with Crippen molar-refractivity contribution in [2.75, 3.05) is 20.2 Å². The third-order valence-electron chi connectivity index (χ3n) is 2.83. The Bertz CT molecular complexity index is 389. The molecule has 0 aliphatic rings. The van der Waals surface area contributed by atoms with Gasteiger partial charge in [-0.05, 0) is 30.8 Å². The van der Waals surface area contributed by atoms with E-state index < -0.39 is 0 Å². The fourth-order valence-electron chi connectivity index (χ4n) is 1.74. The van der Waals surface area contributed by atoms with E-state index in [4.69, 9.17) is 22.7 Å². The average molecular weight is 252 g/mol. The van der Waals surface area contributed by atoms with Crippen molar-refractivity contribution >= 4 is 17.2 Å². The second-order valence-electron chi connectivity index (χ2n) is 3.86. The largest absolute Gasteiger partial charge is 0.496 e. The summed E-state index contributed by atoms with van der Waals surface area (Å²) in [6, 6.07) is 5.99. The number of nitrogens with two attached hydrogens (primary N) is 1. The summed E-state index contributed by atoms with van der Waals surface area (Å²) in [5.41, 5.74) is 7.65. The van der Waals surface area contributed by atoms with Gasteiger partial charge in [0.05, 0.1) is 12.7 Å². The fraction of sp³-hybridized carbons (Fsp3) is 0.462. The maximum absolute atomic E-state index is 5.63. The van der Waals surface area contributed by atoms with Crippen molar-refractivity contribution in [2.24, 2.45) is 5.73 Å². The van der Waals surface area contributed by atoms with Crippen LogP contribution in [0.4, 0.5) is 0 Å². The highest BCUT2D eigenvalue weighted by Gasteiger charge is 2.08. The Morgan fingerprint density at radius 2 is 2.00 bits per heavy atom. The van der Waals surface area contributed by atoms with Crippen LogP contribution >= 0.6 is 12.2 Å². The SMILES string of the molecule is CCN(CC)Cc1ccc(C(N)=S)c(OC)c1. The van der Waals surface area contributed by atoms with Gasteiger partial charge in [0.25, 0.3) is 0 Å². The highest BCUT2D eigenvalue weighted by atomic mass is 32.1. The van der Waals surface area contributed by atoms with Gasteiger partial charge in [-0.25, -0.2) is 0 Å². The van der Waals surface area contributed by atoms with Gasteiger partial charge in [0.2, 0.25) is 0 Å². The maximum Gasteiger partial charge on any atom is 0.129 e. The summed E-state index contributed by atoms with van der Waals surface area (Å²) < 4.78 is 5.31. The summed E-state index contributed by atoms with van der Waals surface area (Å²) in [5, 5.41) is 0. The Morgan fingerprint density at radius 3 is 2.47 bits per heavy atom. The molecule has 2 N–H and O–H groups in total. The minimum atomic E-state index is 0.372. The topological polar surface area (TPSA) is 38.5 Å². The van der Waals surface area contributed by atoms with Crippen molar-refractivity contribution in [3.63, 3.8) is 0 Å². The van der Waals surface area contributed by atoms with Gasteiger partial charge in [0.15, 0.2) is 0 Å². The number of methoxy groups -OCH3 is 1. The number of ether oxygens (including phenoxy) is 1. The molecule has 0 aliphatic heterocycles. The third-order valence-corrected chi connectivity index (χ3v) is 3.05. The summed E-state index contributed by atoms with van der Waals surface area (Å²) >= 11 is 4.98. The number of nitrogens with zero attached hydrogens (tertiary/aromatic N) is 1. The molecule has 0 fully saturated rings. The van der Waals surface area contributed by atoms with Gasteiger partial charge in [-0.1, -0.05) is 32.1 Å². The Hall–Kier alpha value is -1.13. The van der Waals surface area contributed by atoms with Crippen LogP contribution in [0.15, 0.2) is 18.2 Å². The number of thiocarbonyl (C=S) groups is 1. The normalized spacial score (nSPS) is 10.6. The van der Waals surface area contributed by atoms with E-state index in [-0.39, 0.29) is 0 Å². The second-order valence-corrected chi connectivity index (χ2v) is 4.30. The summed E-state index contributed by atoms with van der Waals surface area (Å²) in [5.74, 6) is 0.752. The predicted octanol–water partition coefficient (Wildman–Crippen LogP) is 2.17. The molecule has 0 spiro atoms. The molecule has 1 rings (SSSR count). The maximum atomic E-state index is 5.63. The summed E-state index contributed by atoms with van der Waals surface area (Å²) in [4.78, 5) is 2.71. The van der Waals surface area contributed by atoms with Crippen molar-refractivity contribution in [3.05, 3.63) is 29.3 Å². The van der Waals surface area contributed by atoms with E-state index in [0.717, 1.165) is 30.9 Å². The Labute approximate surface area is 109 Å². The molecule has 0 bridgehead atoms. The van der Waals surface area contributed by atoms with Gasteiger partial charge >= 0.3 is 0 Å². The highest BCUT2D eigenvalue weighted by molar-refractivity contribution is 7.80. The molecule has 0 saturated carbocycles. The van der Waals surface area contributed by atoms with Crippen LogP contribution in [0.3, 0.4) is 0 Å². The van der Waals surface area contributed by atoms with E-state index >= 15 is 0 Å². The molecule has 1 aromatic rings. The molecule has 3 nitrogen and oxygen atoms in total. The smallest absolute Gasteiger partial charge is 0.129 e. The first-order valence-corrected chi connectivity index (χ1v) is 6.22. The second kappa shape index (κ2) is 6.57. The highest BCUT2D eigenvalue weighted by Crippen LogP contribution is 2.21. The molecule has 17 heavy (non-hydrogen) atoms. The van der Waals surface area contributed by atoms with E-state index in [9.17, 15) is 0 Å². The molecule has 94 valence electrons. The molecule has 0 saturated heterocycles. The summed E-state index contributed by atoms with van der Waals surface area (Å²) in [6.07, 6.45) is 0. The molecule has 0 aromatic heterocycles. The minimum absolute atomic E-state index is 0.372. The van der Waals surface area contributed by atoms with Crippen LogP contribution < -0.4 is 10.5 Å². The number of hydrogen-bond donors (Lipinski definition) is 1. The van der Waals surface area contributed by atoms with Crippen LogP contribution in [-0.4, -0.2) is 30.1 Å².